The molecule has 3 amide bonds. The molecule has 0 radical (unpaired) electrons. The minimum Gasteiger partial charge on any atom is -0.336 e. The highest BCUT2D eigenvalue weighted by molar-refractivity contribution is 8.00. The minimum absolute atomic E-state index is 0.0284. The van der Waals surface area contributed by atoms with Gasteiger partial charge in [0.15, 0.2) is 11.6 Å². The lowest BCUT2D eigenvalue weighted by molar-refractivity contribution is -0.113. The van der Waals surface area contributed by atoms with E-state index in [1.165, 1.54) is 6.07 Å². The molecule has 138 valence electrons. The van der Waals surface area contributed by atoms with Crippen LogP contribution >= 0.6 is 11.8 Å². The zero-order valence-corrected chi connectivity index (χ0v) is 15.1. The van der Waals surface area contributed by atoms with Crippen LogP contribution < -0.4 is 16.0 Å². The van der Waals surface area contributed by atoms with Gasteiger partial charge in [-0.05, 0) is 56.3 Å². The number of hydrogen-bond acceptors (Lipinski definition) is 3. The molecule has 0 unspecified atom stereocenters. The molecular formula is C18H19F2N3O2S. The van der Waals surface area contributed by atoms with Crippen molar-refractivity contribution in [2.75, 3.05) is 16.4 Å². The number of halogens is 2. The van der Waals surface area contributed by atoms with Gasteiger partial charge in [0.25, 0.3) is 0 Å². The summed E-state index contributed by atoms with van der Waals surface area (Å²) in [5, 5.41) is 8.08. The summed E-state index contributed by atoms with van der Waals surface area (Å²) in [7, 11) is 0. The standard InChI is InChI=1S/C18H19F2N3O2S/c1-11(2)21-18(25)23-13-5-3-12(4-6-13)22-17(24)10-26-14-7-8-15(19)16(20)9-14/h3-9,11H,10H2,1-2H3,(H,22,24)(H2,21,23,25). The highest BCUT2D eigenvalue weighted by Crippen LogP contribution is 2.21. The molecule has 0 fully saturated rings. The van der Waals surface area contributed by atoms with Crippen molar-refractivity contribution in [2.24, 2.45) is 0 Å². The van der Waals surface area contributed by atoms with Crippen molar-refractivity contribution in [3.05, 3.63) is 54.1 Å². The largest absolute Gasteiger partial charge is 0.336 e. The quantitative estimate of drug-likeness (QED) is 0.658. The lowest BCUT2D eigenvalue weighted by atomic mass is 10.3. The summed E-state index contributed by atoms with van der Waals surface area (Å²) >= 11 is 1.10. The maximum Gasteiger partial charge on any atom is 0.319 e. The zero-order chi connectivity index (χ0) is 19.1. The van der Waals surface area contributed by atoms with Gasteiger partial charge in [0.1, 0.15) is 0 Å². The van der Waals surface area contributed by atoms with Gasteiger partial charge in [-0.1, -0.05) is 0 Å². The predicted octanol–water partition coefficient (Wildman–Crippen LogP) is 4.23. The second-order valence-electron chi connectivity index (χ2n) is 5.74. The van der Waals surface area contributed by atoms with E-state index >= 15 is 0 Å². The van der Waals surface area contributed by atoms with Crippen LogP contribution in [0.5, 0.6) is 0 Å². The van der Waals surface area contributed by atoms with Gasteiger partial charge in [-0.25, -0.2) is 13.6 Å². The summed E-state index contributed by atoms with van der Waals surface area (Å²) in [6.07, 6.45) is 0. The Bertz CT molecular complexity index is 783. The molecule has 0 aliphatic rings. The molecule has 0 heterocycles. The Kier molecular flexibility index (Phi) is 6.97. The number of anilines is 2. The fraction of sp³-hybridized carbons (Fsp3) is 0.222. The van der Waals surface area contributed by atoms with Crippen LogP contribution in [0.15, 0.2) is 47.4 Å². The first-order valence-corrected chi connectivity index (χ1v) is 8.87. The molecule has 0 aliphatic carbocycles. The monoisotopic (exact) mass is 379 g/mol. The molecule has 3 N–H and O–H groups in total. The smallest absolute Gasteiger partial charge is 0.319 e. The normalized spacial score (nSPS) is 10.5. The number of urea groups is 1. The molecular weight excluding hydrogens is 360 g/mol. The third kappa shape index (κ3) is 6.36. The molecule has 0 aromatic heterocycles. The molecule has 2 aromatic rings. The Hall–Kier alpha value is -2.61. The Morgan fingerprint density at radius 2 is 1.58 bits per heavy atom. The maximum atomic E-state index is 13.1. The van der Waals surface area contributed by atoms with Crippen molar-refractivity contribution in [1.82, 2.24) is 5.32 Å². The predicted molar refractivity (Wildman–Crippen MR) is 99.4 cm³/mol. The van der Waals surface area contributed by atoms with E-state index in [1.54, 1.807) is 24.3 Å². The van der Waals surface area contributed by atoms with Crippen molar-refractivity contribution < 1.29 is 18.4 Å². The molecule has 0 aliphatic heterocycles. The number of rotatable bonds is 6. The SMILES string of the molecule is CC(C)NC(=O)Nc1ccc(NC(=O)CSc2ccc(F)c(F)c2)cc1. The topological polar surface area (TPSA) is 70.2 Å². The molecule has 26 heavy (non-hydrogen) atoms. The van der Waals surface area contributed by atoms with Gasteiger partial charge in [0, 0.05) is 22.3 Å². The fourth-order valence-corrected chi connectivity index (χ4v) is 2.70. The Labute approximate surface area is 154 Å². The van der Waals surface area contributed by atoms with Crippen molar-refractivity contribution in [2.45, 2.75) is 24.8 Å². The molecule has 5 nitrogen and oxygen atoms in total. The second-order valence-corrected chi connectivity index (χ2v) is 6.79. The van der Waals surface area contributed by atoms with Crippen LogP contribution in [0.2, 0.25) is 0 Å². The first kappa shape index (κ1) is 19.7. The highest BCUT2D eigenvalue weighted by Gasteiger charge is 2.08. The van der Waals surface area contributed by atoms with Gasteiger partial charge in [0.2, 0.25) is 5.91 Å². The van der Waals surface area contributed by atoms with E-state index in [9.17, 15) is 18.4 Å². The zero-order valence-electron chi connectivity index (χ0n) is 14.3. The lowest BCUT2D eigenvalue weighted by Crippen LogP contribution is -2.34. The number of carbonyl (C=O) groups is 2. The average molecular weight is 379 g/mol. The summed E-state index contributed by atoms with van der Waals surface area (Å²) in [5.41, 5.74) is 1.16. The van der Waals surface area contributed by atoms with Crippen LogP contribution in [0, 0.1) is 11.6 Å². The summed E-state index contributed by atoms with van der Waals surface area (Å²) < 4.78 is 26.0. The van der Waals surface area contributed by atoms with E-state index in [4.69, 9.17) is 0 Å². The van der Waals surface area contributed by atoms with Crippen LogP contribution in [0.3, 0.4) is 0 Å². The van der Waals surface area contributed by atoms with Gasteiger partial charge < -0.3 is 16.0 Å². The van der Waals surface area contributed by atoms with Crippen LogP contribution in [0.25, 0.3) is 0 Å². The van der Waals surface area contributed by atoms with Gasteiger partial charge in [-0.15, -0.1) is 11.8 Å². The molecule has 0 saturated carbocycles. The van der Waals surface area contributed by atoms with Gasteiger partial charge >= 0.3 is 6.03 Å². The summed E-state index contributed by atoms with van der Waals surface area (Å²) in [6.45, 7) is 3.72. The van der Waals surface area contributed by atoms with Crippen LogP contribution in [-0.2, 0) is 4.79 Å². The van der Waals surface area contributed by atoms with E-state index < -0.39 is 11.6 Å². The Balaban J connectivity index is 1.83. The third-order valence-corrected chi connectivity index (χ3v) is 4.10. The van der Waals surface area contributed by atoms with Crippen molar-refractivity contribution in [3.63, 3.8) is 0 Å². The molecule has 8 heteroatoms. The Morgan fingerprint density at radius 3 is 2.15 bits per heavy atom. The summed E-state index contributed by atoms with van der Waals surface area (Å²) in [6, 6.07) is 9.86. The Morgan fingerprint density at radius 1 is 0.962 bits per heavy atom. The molecule has 0 atom stereocenters. The second kappa shape index (κ2) is 9.19. The van der Waals surface area contributed by atoms with Crippen molar-refractivity contribution in [3.8, 4) is 0 Å². The van der Waals surface area contributed by atoms with Crippen molar-refractivity contribution >= 4 is 35.1 Å². The molecule has 2 aromatic carbocycles. The van der Waals surface area contributed by atoms with E-state index in [2.05, 4.69) is 16.0 Å². The molecule has 0 spiro atoms. The fourth-order valence-electron chi connectivity index (χ4n) is 1.98. The first-order chi connectivity index (χ1) is 12.3. The van der Waals surface area contributed by atoms with Crippen molar-refractivity contribution in [1.29, 1.82) is 0 Å². The highest BCUT2D eigenvalue weighted by atomic mass is 32.2. The number of nitrogens with one attached hydrogen (secondary N) is 3. The first-order valence-electron chi connectivity index (χ1n) is 7.89. The number of benzene rings is 2. The third-order valence-electron chi connectivity index (χ3n) is 3.11. The molecule has 0 bridgehead atoms. The van der Waals surface area contributed by atoms with Gasteiger partial charge in [0.05, 0.1) is 5.75 Å². The number of hydrogen-bond donors (Lipinski definition) is 3. The van der Waals surface area contributed by atoms with Crippen LogP contribution in [0.4, 0.5) is 25.0 Å². The van der Waals surface area contributed by atoms with Gasteiger partial charge in [-0.2, -0.15) is 0 Å². The number of carbonyl (C=O) groups excluding carboxylic acids is 2. The van der Waals surface area contributed by atoms with E-state index in [1.807, 2.05) is 13.8 Å². The maximum absolute atomic E-state index is 13.1. The van der Waals surface area contributed by atoms with Crippen LogP contribution in [0.1, 0.15) is 13.8 Å². The summed E-state index contributed by atoms with van der Waals surface area (Å²) in [5.74, 6) is -2.09. The van der Waals surface area contributed by atoms with Gasteiger partial charge in [-0.3, -0.25) is 4.79 Å². The summed E-state index contributed by atoms with van der Waals surface area (Å²) in [4.78, 5) is 24.0. The lowest BCUT2D eigenvalue weighted by Gasteiger charge is -2.11. The van der Waals surface area contributed by atoms with E-state index in [0.29, 0.717) is 16.3 Å². The van der Waals surface area contributed by atoms with Crippen LogP contribution in [-0.4, -0.2) is 23.7 Å². The van der Waals surface area contributed by atoms with E-state index in [0.717, 1.165) is 23.9 Å². The number of amides is 3. The average Bonchev–Trinajstić information content (AvgIpc) is 2.57. The molecule has 2 rings (SSSR count). The van der Waals surface area contributed by atoms with E-state index in [-0.39, 0.29) is 23.7 Å². The number of thioether (sulfide) groups is 1. The minimum atomic E-state index is -0.944. The molecule has 0 saturated heterocycles.